The highest BCUT2D eigenvalue weighted by atomic mass is 33.1. The molecule has 0 aromatic carbocycles. The molecular formula is C52H108S3. The van der Waals surface area contributed by atoms with E-state index in [0.717, 1.165) is 0 Å². The second kappa shape index (κ2) is 59.4. The summed E-state index contributed by atoms with van der Waals surface area (Å²) in [6.45, 7) is 9.21. The summed E-state index contributed by atoms with van der Waals surface area (Å²) in [5, 5.41) is 0. The van der Waals surface area contributed by atoms with Crippen molar-refractivity contribution in [3.63, 3.8) is 0 Å². The third kappa shape index (κ3) is 61.8. The first-order valence-electron chi connectivity index (χ1n) is 26.1. The van der Waals surface area contributed by atoms with E-state index in [-0.39, 0.29) is 0 Å². The Hall–Kier alpha value is 1.05. The molecule has 0 rings (SSSR count). The maximum absolute atomic E-state index is 2.30. The average Bonchev–Trinajstić information content (AvgIpc) is 3.20. The molecule has 0 amide bonds. The zero-order valence-electron chi connectivity index (χ0n) is 39.2. The van der Waals surface area contributed by atoms with Crippen molar-refractivity contribution in [3.05, 3.63) is 0 Å². The molecule has 0 atom stereocenters. The Bertz CT molecular complexity index is 545. The van der Waals surface area contributed by atoms with Gasteiger partial charge in [-0.2, -0.15) is 11.8 Å². The molecule has 55 heavy (non-hydrogen) atoms. The van der Waals surface area contributed by atoms with Crippen LogP contribution in [0, 0.1) is 0 Å². The maximum atomic E-state index is 2.30. The van der Waals surface area contributed by atoms with E-state index >= 15 is 0 Å². The lowest BCUT2D eigenvalue weighted by molar-refractivity contribution is 0.538. The van der Waals surface area contributed by atoms with Crippen molar-refractivity contribution in [2.75, 3.05) is 23.0 Å². The summed E-state index contributed by atoms with van der Waals surface area (Å²) >= 11 is 2.21. The molecule has 0 fully saturated rings. The van der Waals surface area contributed by atoms with Gasteiger partial charge in [0.1, 0.15) is 0 Å². The summed E-state index contributed by atoms with van der Waals surface area (Å²) in [6.07, 6.45) is 64.3. The van der Waals surface area contributed by atoms with Gasteiger partial charge in [-0.15, -0.1) is 0 Å². The van der Waals surface area contributed by atoms with Gasteiger partial charge in [0.15, 0.2) is 0 Å². The Balaban J connectivity index is 0. The zero-order chi connectivity index (χ0) is 40.1. The van der Waals surface area contributed by atoms with E-state index in [1.807, 2.05) is 0 Å². The minimum absolute atomic E-state index is 1.37. The van der Waals surface area contributed by atoms with E-state index in [1.54, 1.807) is 0 Å². The molecule has 0 N–H and O–H groups in total. The monoisotopic (exact) mass is 829 g/mol. The Morgan fingerprint density at radius 1 is 0.164 bits per heavy atom. The van der Waals surface area contributed by atoms with Crippen molar-refractivity contribution in [3.8, 4) is 0 Å². The molecule has 0 aliphatic rings. The highest BCUT2D eigenvalue weighted by Crippen LogP contribution is 2.25. The van der Waals surface area contributed by atoms with E-state index in [4.69, 9.17) is 0 Å². The van der Waals surface area contributed by atoms with Gasteiger partial charge in [0.25, 0.3) is 0 Å². The molecule has 0 aliphatic heterocycles. The lowest BCUT2D eigenvalue weighted by atomic mass is 10.0. The fraction of sp³-hybridized carbons (Fsp3) is 1.00. The van der Waals surface area contributed by atoms with Crippen LogP contribution in [-0.2, 0) is 0 Å². The summed E-state index contributed by atoms with van der Waals surface area (Å²) in [4.78, 5) is 0. The van der Waals surface area contributed by atoms with Gasteiger partial charge in [-0.1, -0.05) is 306 Å². The highest BCUT2D eigenvalue weighted by Gasteiger charge is 1.98. The molecule has 334 valence electrons. The quantitative estimate of drug-likeness (QED) is 0.0443. The molecule has 0 unspecified atom stereocenters. The summed E-state index contributed by atoms with van der Waals surface area (Å²) in [7, 11) is 4.25. The van der Waals surface area contributed by atoms with Gasteiger partial charge in [-0.3, -0.25) is 0 Å². The molecule has 0 heterocycles. The Labute approximate surface area is 364 Å². The van der Waals surface area contributed by atoms with E-state index in [2.05, 4.69) is 61.0 Å². The largest absolute Gasteiger partial charge is 0.162 e. The molecular weight excluding hydrogens is 721 g/mol. The lowest BCUT2D eigenvalue weighted by Gasteiger charge is -2.04. The van der Waals surface area contributed by atoms with Crippen LogP contribution in [0.4, 0.5) is 0 Å². The first-order valence-corrected chi connectivity index (χ1v) is 29.8. The van der Waals surface area contributed by atoms with Crippen molar-refractivity contribution < 1.29 is 0 Å². The highest BCUT2D eigenvalue weighted by molar-refractivity contribution is 8.76. The molecule has 0 saturated heterocycles. The number of unbranched alkanes of at least 4 members (excludes halogenated alkanes) is 40. The van der Waals surface area contributed by atoms with Gasteiger partial charge in [-0.05, 0) is 37.2 Å². The fourth-order valence-corrected chi connectivity index (χ4v) is 10.9. The minimum atomic E-state index is 1.37. The third-order valence-corrected chi connectivity index (χ3v) is 15.3. The topological polar surface area (TPSA) is 0 Å². The second-order valence-corrected chi connectivity index (χ2v) is 21.3. The van der Waals surface area contributed by atoms with E-state index in [0.29, 0.717) is 0 Å². The van der Waals surface area contributed by atoms with E-state index in [9.17, 15) is 0 Å². The predicted octanol–water partition coefficient (Wildman–Crippen LogP) is 21.3. The van der Waals surface area contributed by atoms with Crippen LogP contribution in [0.25, 0.3) is 0 Å². The molecule has 0 spiro atoms. The smallest absolute Gasteiger partial charge is 0.00369 e. The Kier molecular flexibility index (Phi) is 62.8. The predicted molar refractivity (Wildman–Crippen MR) is 268 cm³/mol. The standard InChI is InChI=1S/C28H58S.C24H50S2/c1-3-5-7-9-11-13-15-16-17-18-20-22-24-26-28-29-27-25-23-21-19-14-12-10-8-6-4-2;1-3-5-7-9-11-13-15-17-19-21-23-25-26-24-22-20-18-16-14-12-10-8-6-4-2/h3-28H2,1-2H3;3-24H2,1-2H3. The molecule has 0 bridgehead atoms. The Morgan fingerprint density at radius 3 is 0.491 bits per heavy atom. The number of thioether (sulfide) groups is 1. The summed E-state index contributed by atoms with van der Waals surface area (Å²) in [6, 6.07) is 0. The van der Waals surface area contributed by atoms with Crippen molar-refractivity contribution in [2.24, 2.45) is 0 Å². The van der Waals surface area contributed by atoms with Crippen LogP contribution in [0.2, 0.25) is 0 Å². The molecule has 0 aliphatic carbocycles. The first kappa shape index (κ1) is 58.1. The molecule has 0 radical (unpaired) electrons. The molecule has 0 aromatic rings. The third-order valence-electron chi connectivity index (χ3n) is 11.5. The van der Waals surface area contributed by atoms with Crippen LogP contribution in [-0.4, -0.2) is 23.0 Å². The van der Waals surface area contributed by atoms with E-state index in [1.165, 1.54) is 306 Å². The average molecular weight is 830 g/mol. The Morgan fingerprint density at radius 2 is 0.309 bits per heavy atom. The van der Waals surface area contributed by atoms with Gasteiger partial charge in [-0.25, -0.2) is 0 Å². The number of rotatable bonds is 49. The zero-order valence-corrected chi connectivity index (χ0v) is 41.6. The van der Waals surface area contributed by atoms with Crippen LogP contribution < -0.4 is 0 Å². The van der Waals surface area contributed by atoms with Gasteiger partial charge in [0, 0.05) is 11.5 Å². The summed E-state index contributed by atoms with van der Waals surface area (Å²) < 4.78 is 0. The van der Waals surface area contributed by atoms with Crippen LogP contribution >= 0.6 is 33.3 Å². The van der Waals surface area contributed by atoms with Crippen LogP contribution in [0.5, 0.6) is 0 Å². The maximum Gasteiger partial charge on any atom is 0.00369 e. The molecule has 0 nitrogen and oxygen atoms in total. The number of hydrogen-bond donors (Lipinski definition) is 0. The van der Waals surface area contributed by atoms with Gasteiger partial charge in [0.2, 0.25) is 0 Å². The van der Waals surface area contributed by atoms with Crippen molar-refractivity contribution >= 4 is 33.3 Å². The SMILES string of the molecule is CCCCCCCCCCCCCCCCSCCCCCCCCCCCC.CCCCCCCCCCCCSSCCCCCCCCCCCC. The van der Waals surface area contributed by atoms with Crippen molar-refractivity contribution in [2.45, 2.75) is 310 Å². The second-order valence-electron chi connectivity index (χ2n) is 17.4. The van der Waals surface area contributed by atoms with Crippen LogP contribution in [0.15, 0.2) is 0 Å². The van der Waals surface area contributed by atoms with Crippen molar-refractivity contribution in [1.82, 2.24) is 0 Å². The molecule has 3 heteroatoms. The molecule has 0 aromatic heterocycles. The minimum Gasteiger partial charge on any atom is -0.162 e. The van der Waals surface area contributed by atoms with Crippen LogP contribution in [0.3, 0.4) is 0 Å². The van der Waals surface area contributed by atoms with Crippen molar-refractivity contribution in [1.29, 1.82) is 0 Å². The first-order chi connectivity index (χ1) is 27.3. The molecule has 0 saturated carbocycles. The van der Waals surface area contributed by atoms with Gasteiger partial charge < -0.3 is 0 Å². The number of hydrogen-bond acceptors (Lipinski definition) is 3. The van der Waals surface area contributed by atoms with Gasteiger partial charge >= 0.3 is 0 Å². The summed E-state index contributed by atoms with van der Waals surface area (Å²) in [5.74, 6) is 5.57. The summed E-state index contributed by atoms with van der Waals surface area (Å²) in [5.41, 5.74) is 0. The lowest BCUT2D eigenvalue weighted by Crippen LogP contribution is -1.87. The van der Waals surface area contributed by atoms with E-state index < -0.39 is 0 Å². The van der Waals surface area contributed by atoms with Crippen LogP contribution in [0.1, 0.15) is 310 Å². The fourth-order valence-electron chi connectivity index (χ4n) is 7.61. The normalized spacial score (nSPS) is 11.3. The van der Waals surface area contributed by atoms with Gasteiger partial charge in [0.05, 0.1) is 0 Å².